The van der Waals surface area contributed by atoms with Gasteiger partial charge < -0.3 is 10.6 Å². The molecule has 1 aromatic carbocycles. The fraction of sp³-hybridized carbons (Fsp3) is 0.500. The number of nitrogens with two attached hydrogens (primary N) is 1. The Bertz CT molecular complexity index is 376. The van der Waals surface area contributed by atoms with Gasteiger partial charge >= 0.3 is 0 Å². The summed E-state index contributed by atoms with van der Waals surface area (Å²) >= 11 is 0. The number of rotatable bonds is 6. The van der Waals surface area contributed by atoms with Gasteiger partial charge in [0.2, 0.25) is 5.91 Å². The van der Waals surface area contributed by atoms with E-state index in [0.29, 0.717) is 19.4 Å². The lowest BCUT2D eigenvalue weighted by molar-refractivity contribution is -0.130. The van der Waals surface area contributed by atoms with Crippen molar-refractivity contribution >= 4 is 5.91 Å². The molecule has 0 saturated heterocycles. The van der Waals surface area contributed by atoms with Crippen molar-refractivity contribution in [2.75, 3.05) is 13.6 Å². The molecular weight excluding hydrogens is 231 g/mol. The summed E-state index contributed by atoms with van der Waals surface area (Å²) in [5, 5.41) is 0. The van der Waals surface area contributed by atoms with Gasteiger partial charge in [-0.15, -0.1) is 0 Å². The van der Waals surface area contributed by atoms with E-state index in [4.69, 9.17) is 5.73 Å². The maximum absolute atomic E-state index is 12.7. The average Bonchev–Trinajstić information content (AvgIpc) is 2.34. The summed E-state index contributed by atoms with van der Waals surface area (Å²) in [6.07, 6.45) is 1.93. The van der Waals surface area contributed by atoms with Gasteiger partial charge in [-0.25, -0.2) is 4.39 Å². The van der Waals surface area contributed by atoms with Crippen LogP contribution in [0.4, 0.5) is 4.39 Å². The van der Waals surface area contributed by atoms with Gasteiger partial charge in [0.25, 0.3) is 0 Å². The van der Waals surface area contributed by atoms with Crippen molar-refractivity contribution < 1.29 is 9.18 Å². The first-order valence-electron chi connectivity index (χ1n) is 6.23. The van der Waals surface area contributed by atoms with E-state index in [0.717, 1.165) is 12.0 Å². The average molecular weight is 252 g/mol. The van der Waals surface area contributed by atoms with E-state index in [1.54, 1.807) is 24.1 Å². The lowest BCUT2D eigenvalue weighted by Gasteiger charge is -2.17. The standard InChI is InChI=1S/C14H21FN2O/c1-11(16)3-8-14(18)17(2)10-9-12-4-6-13(15)7-5-12/h4-7,11H,3,8-10,16H2,1-2H3. The highest BCUT2D eigenvalue weighted by Crippen LogP contribution is 2.05. The Morgan fingerprint density at radius 3 is 2.56 bits per heavy atom. The Morgan fingerprint density at radius 2 is 2.00 bits per heavy atom. The molecule has 0 radical (unpaired) electrons. The topological polar surface area (TPSA) is 46.3 Å². The number of carbonyl (C=O) groups excluding carboxylic acids is 1. The molecule has 0 aliphatic carbocycles. The van der Waals surface area contributed by atoms with Crippen LogP contribution in [0.1, 0.15) is 25.3 Å². The van der Waals surface area contributed by atoms with Crippen LogP contribution < -0.4 is 5.73 Å². The first kappa shape index (κ1) is 14.6. The minimum absolute atomic E-state index is 0.0550. The van der Waals surface area contributed by atoms with Crippen molar-refractivity contribution in [1.29, 1.82) is 0 Å². The molecule has 18 heavy (non-hydrogen) atoms. The summed E-state index contributed by atoms with van der Waals surface area (Å²) < 4.78 is 12.7. The van der Waals surface area contributed by atoms with Crippen LogP contribution in [0.25, 0.3) is 0 Å². The van der Waals surface area contributed by atoms with Crippen LogP contribution in [0.2, 0.25) is 0 Å². The maximum Gasteiger partial charge on any atom is 0.222 e. The molecule has 0 heterocycles. The predicted octanol–water partition coefficient (Wildman–Crippen LogP) is 1.95. The zero-order chi connectivity index (χ0) is 13.5. The Labute approximate surface area is 108 Å². The van der Waals surface area contributed by atoms with Crippen LogP contribution in [-0.4, -0.2) is 30.4 Å². The molecule has 2 N–H and O–H groups in total. The zero-order valence-electron chi connectivity index (χ0n) is 11.0. The lowest BCUT2D eigenvalue weighted by Crippen LogP contribution is -2.30. The molecule has 0 saturated carbocycles. The third-order valence-electron chi connectivity index (χ3n) is 2.89. The van der Waals surface area contributed by atoms with E-state index >= 15 is 0 Å². The van der Waals surface area contributed by atoms with Crippen LogP contribution >= 0.6 is 0 Å². The van der Waals surface area contributed by atoms with Crippen LogP contribution in [0.3, 0.4) is 0 Å². The highest BCUT2D eigenvalue weighted by Gasteiger charge is 2.09. The number of amides is 1. The SMILES string of the molecule is CC(N)CCC(=O)N(C)CCc1ccc(F)cc1. The molecule has 1 amide bonds. The summed E-state index contributed by atoms with van der Waals surface area (Å²) in [6, 6.07) is 6.42. The number of hydrogen-bond donors (Lipinski definition) is 1. The monoisotopic (exact) mass is 252 g/mol. The largest absolute Gasteiger partial charge is 0.345 e. The van der Waals surface area contributed by atoms with Crippen molar-refractivity contribution in [3.8, 4) is 0 Å². The fourth-order valence-corrected chi connectivity index (χ4v) is 1.61. The summed E-state index contributed by atoms with van der Waals surface area (Å²) in [7, 11) is 1.78. The van der Waals surface area contributed by atoms with Gasteiger partial charge in [0.05, 0.1) is 0 Å². The number of likely N-dealkylation sites (N-methyl/N-ethyl adjacent to an activating group) is 1. The van der Waals surface area contributed by atoms with Crippen LogP contribution in [0.15, 0.2) is 24.3 Å². The summed E-state index contributed by atoms with van der Waals surface area (Å²) in [6.45, 7) is 2.54. The molecule has 0 bridgehead atoms. The molecule has 1 atom stereocenters. The second-order valence-electron chi connectivity index (χ2n) is 4.71. The maximum atomic E-state index is 12.7. The second-order valence-corrected chi connectivity index (χ2v) is 4.71. The number of halogens is 1. The number of hydrogen-bond acceptors (Lipinski definition) is 2. The van der Waals surface area contributed by atoms with E-state index < -0.39 is 0 Å². The highest BCUT2D eigenvalue weighted by atomic mass is 19.1. The predicted molar refractivity (Wildman–Crippen MR) is 70.6 cm³/mol. The molecule has 0 spiro atoms. The second kappa shape index (κ2) is 7.11. The zero-order valence-corrected chi connectivity index (χ0v) is 11.0. The van der Waals surface area contributed by atoms with Gasteiger partial charge in [-0.05, 0) is 37.5 Å². The van der Waals surface area contributed by atoms with Crippen molar-refractivity contribution in [3.63, 3.8) is 0 Å². The van der Waals surface area contributed by atoms with Crippen molar-refractivity contribution in [2.24, 2.45) is 5.73 Å². The molecule has 0 aromatic heterocycles. The van der Waals surface area contributed by atoms with Gasteiger partial charge in [0.1, 0.15) is 5.82 Å². The summed E-state index contributed by atoms with van der Waals surface area (Å²) in [4.78, 5) is 13.4. The minimum Gasteiger partial charge on any atom is -0.345 e. The molecule has 4 heteroatoms. The first-order valence-corrected chi connectivity index (χ1v) is 6.23. The number of carbonyl (C=O) groups is 1. The van der Waals surface area contributed by atoms with Gasteiger partial charge in [0.15, 0.2) is 0 Å². The summed E-state index contributed by atoms with van der Waals surface area (Å²) in [5.41, 5.74) is 6.64. The van der Waals surface area contributed by atoms with E-state index in [-0.39, 0.29) is 17.8 Å². The molecule has 0 fully saturated rings. The minimum atomic E-state index is -0.236. The van der Waals surface area contributed by atoms with Crippen LogP contribution in [-0.2, 0) is 11.2 Å². The Kier molecular flexibility index (Phi) is 5.78. The van der Waals surface area contributed by atoms with E-state index in [1.165, 1.54) is 12.1 Å². The first-order chi connectivity index (χ1) is 8.49. The molecule has 100 valence electrons. The van der Waals surface area contributed by atoms with Gasteiger partial charge in [0, 0.05) is 26.1 Å². The highest BCUT2D eigenvalue weighted by molar-refractivity contribution is 5.75. The lowest BCUT2D eigenvalue weighted by atomic mass is 10.1. The normalized spacial score (nSPS) is 12.2. The third kappa shape index (κ3) is 5.27. The molecule has 0 aliphatic heterocycles. The van der Waals surface area contributed by atoms with Crippen LogP contribution in [0.5, 0.6) is 0 Å². The van der Waals surface area contributed by atoms with Gasteiger partial charge in [-0.2, -0.15) is 0 Å². The smallest absolute Gasteiger partial charge is 0.222 e. The molecule has 3 nitrogen and oxygen atoms in total. The number of nitrogens with zero attached hydrogens (tertiary/aromatic N) is 1. The molecule has 1 rings (SSSR count). The van der Waals surface area contributed by atoms with E-state index in [1.807, 2.05) is 6.92 Å². The van der Waals surface area contributed by atoms with Crippen molar-refractivity contribution in [1.82, 2.24) is 4.90 Å². The van der Waals surface area contributed by atoms with Gasteiger partial charge in [-0.3, -0.25) is 4.79 Å². The number of benzene rings is 1. The molecular formula is C14H21FN2O. The van der Waals surface area contributed by atoms with Crippen molar-refractivity contribution in [3.05, 3.63) is 35.6 Å². The van der Waals surface area contributed by atoms with Crippen LogP contribution in [0, 0.1) is 5.82 Å². The Morgan fingerprint density at radius 1 is 1.39 bits per heavy atom. The van der Waals surface area contributed by atoms with E-state index in [9.17, 15) is 9.18 Å². The Hall–Kier alpha value is -1.42. The third-order valence-corrected chi connectivity index (χ3v) is 2.89. The summed E-state index contributed by atoms with van der Waals surface area (Å²) in [5.74, 6) is -0.130. The molecule has 1 aromatic rings. The molecule has 0 aliphatic rings. The quantitative estimate of drug-likeness (QED) is 0.841. The molecule has 1 unspecified atom stereocenters. The fourth-order valence-electron chi connectivity index (χ4n) is 1.61. The van der Waals surface area contributed by atoms with E-state index in [2.05, 4.69) is 0 Å². The van der Waals surface area contributed by atoms with Gasteiger partial charge in [-0.1, -0.05) is 12.1 Å². The van der Waals surface area contributed by atoms with Crippen molar-refractivity contribution in [2.45, 2.75) is 32.2 Å². The Balaban J connectivity index is 2.34.